The molecule has 0 aromatic carbocycles. The Morgan fingerprint density at radius 3 is 2.61 bits per heavy atom. The highest BCUT2D eigenvalue weighted by Gasteiger charge is 2.26. The summed E-state index contributed by atoms with van der Waals surface area (Å²) in [6.07, 6.45) is 0. The predicted molar refractivity (Wildman–Crippen MR) is 79.1 cm³/mol. The van der Waals surface area contributed by atoms with Crippen LogP contribution in [0.1, 0.15) is 13.8 Å². The minimum Gasteiger partial charge on any atom is -0.340 e. The Kier molecular flexibility index (Phi) is 7.04. The van der Waals surface area contributed by atoms with Gasteiger partial charge in [0, 0.05) is 37.7 Å². The van der Waals surface area contributed by atoms with Gasteiger partial charge in [0.15, 0.2) is 0 Å². The Morgan fingerprint density at radius 1 is 1.39 bits per heavy atom. The quantitative estimate of drug-likeness (QED) is 0.774. The van der Waals surface area contributed by atoms with Crippen molar-refractivity contribution in [2.75, 3.05) is 51.8 Å². The molecule has 1 aliphatic heterocycles. The fourth-order valence-corrected chi connectivity index (χ4v) is 2.92. The second-order valence-electron chi connectivity index (χ2n) is 5.56. The molecule has 5 heteroatoms. The molecule has 1 unspecified atom stereocenters. The van der Waals surface area contributed by atoms with Crippen molar-refractivity contribution in [1.82, 2.24) is 15.1 Å². The maximum Gasteiger partial charge on any atom is 0.240 e. The molecule has 1 atom stereocenters. The minimum atomic E-state index is 0.0182. The Balaban J connectivity index is 2.53. The molecule has 1 rings (SSSR count). The van der Waals surface area contributed by atoms with Crippen molar-refractivity contribution in [3.05, 3.63) is 0 Å². The first-order valence-corrected chi connectivity index (χ1v) is 7.90. The van der Waals surface area contributed by atoms with Crippen molar-refractivity contribution < 1.29 is 4.79 Å². The maximum absolute atomic E-state index is 12.5. The van der Waals surface area contributed by atoms with Gasteiger partial charge < -0.3 is 15.1 Å². The van der Waals surface area contributed by atoms with Gasteiger partial charge in [-0.3, -0.25) is 4.79 Å². The summed E-state index contributed by atoms with van der Waals surface area (Å²) in [5.41, 5.74) is 0. The Morgan fingerprint density at radius 2 is 2.11 bits per heavy atom. The lowest BCUT2D eigenvalue weighted by Gasteiger charge is -2.31. The van der Waals surface area contributed by atoms with E-state index in [0.29, 0.717) is 5.92 Å². The third kappa shape index (κ3) is 5.59. The molecule has 0 saturated carbocycles. The van der Waals surface area contributed by atoms with E-state index in [9.17, 15) is 4.79 Å². The number of carbonyl (C=O) groups excluding carboxylic acids is 1. The van der Waals surface area contributed by atoms with Crippen molar-refractivity contribution in [1.29, 1.82) is 0 Å². The number of nitrogens with one attached hydrogen (secondary N) is 1. The molecule has 1 heterocycles. The molecule has 18 heavy (non-hydrogen) atoms. The first-order valence-electron chi connectivity index (χ1n) is 6.75. The molecule has 0 bridgehead atoms. The normalized spacial score (nSPS) is 20.4. The molecule has 1 amide bonds. The van der Waals surface area contributed by atoms with Gasteiger partial charge in [0.25, 0.3) is 0 Å². The molecule has 0 aliphatic carbocycles. The topological polar surface area (TPSA) is 35.6 Å². The maximum atomic E-state index is 12.5. The molecule has 1 N–H and O–H groups in total. The highest BCUT2D eigenvalue weighted by Crippen LogP contribution is 2.11. The van der Waals surface area contributed by atoms with E-state index in [4.69, 9.17) is 0 Å². The van der Waals surface area contributed by atoms with E-state index < -0.39 is 0 Å². The predicted octanol–water partition coefficient (Wildman–Crippen LogP) is 0.738. The number of hydrogen-bond donors (Lipinski definition) is 1. The Hall–Kier alpha value is -0.260. The van der Waals surface area contributed by atoms with Crippen LogP contribution < -0.4 is 5.32 Å². The summed E-state index contributed by atoms with van der Waals surface area (Å²) in [4.78, 5) is 16.6. The van der Waals surface area contributed by atoms with Gasteiger partial charge in [0.2, 0.25) is 5.91 Å². The van der Waals surface area contributed by atoms with E-state index in [-0.39, 0.29) is 11.9 Å². The number of rotatable bonds is 6. The van der Waals surface area contributed by atoms with Crippen LogP contribution >= 0.6 is 11.8 Å². The molecule has 0 spiro atoms. The molecule has 0 radical (unpaired) electrons. The van der Waals surface area contributed by atoms with Crippen LogP contribution in [0.25, 0.3) is 0 Å². The molecule has 4 nitrogen and oxygen atoms in total. The molecule has 1 aliphatic rings. The first kappa shape index (κ1) is 15.8. The molecular weight excluding hydrogens is 246 g/mol. The van der Waals surface area contributed by atoms with E-state index in [2.05, 4.69) is 24.1 Å². The summed E-state index contributed by atoms with van der Waals surface area (Å²) >= 11 is 1.87. The third-order valence-corrected chi connectivity index (χ3v) is 4.00. The zero-order valence-corrected chi connectivity index (χ0v) is 12.9. The monoisotopic (exact) mass is 273 g/mol. The van der Waals surface area contributed by atoms with Crippen LogP contribution in [-0.4, -0.2) is 73.5 Å². The highest BCUT2D eigenvalue weighted by atomic mass is 32.2. The van der Waals surface area contributed by atoms with E-state index in [0.717, 1.165) is 37.7 Å². The molecular formula is C13H27N3OS. The molecule has 1 fully saturated rings. The van der Waals surface area contributed by atoms with Crippen molar-refractivity contribution in [3.8, 4) is 0 Å². The van der Waals surface area contributed by atoms with Crippen molar-refractivity contribution in [2.45, 2.75) is 19.9 Å². The smallest absolute Gasteiger partial charge is 0.240 e. The standard InChI is InChI=1S/C13H27N3OS/c1-11(2)9-16(7-6-15(3)4)13(17)12-10-18-8-5-14-12/h11-12,14H,5-10H2,1-4H3. The van der Waals surface area contributed by atoms with Crippen LogP contribution in [0.15, 0.2) is 0 Å². The number of carbonyl (C=O) groups is 1. The SMILES string of the molecule is CC(C)CN(CCN(C)C)C(=O)C1CSCCN1. The lowest BCUT2D eigenvalue weighted by Crippen LogP contribution is -2.52. The van der Waals surface area contributed by atoms with Crippen molar-refractivity contribution in [2.24, 2.45) is 5.92 Å². The molecule has 0 aromatic heterocycles. The molecule has 1 saturated heterocycles. The average molecular weight is 273 g/mol. The fraction of sp³-hybridized carbons (Fsp3) is 0.923. The van der Waals surface area contributed by atoms with Crippen LogP contribution in [0.4, 0.5) is 0 Å². The second kappa shape index (κ2) is 8.02. The Bertz CT molecular complexity index is 253. The number of nitrogens with zero attached hydrogens (tertiary/aromatic N) is 2. The summed E-state index contributed by atoms with van der Waals surface area (Å²) in [5.74, 6) is 2.83. The second-order valence-corrected chi connectivity index (χ2v) is 6.71. The number of likely N-dealkylation sites (N-methyl/N-ethyl adjacent to an activating group) is 1. The third-order valence-electron chi connectivity index (χ3n) is 2.93. The average Bonchev–Trinajstić information content (AvgIpc) is 2.34. The number of thioether (sulfide) groups is 1. The minimum absolute atomic E-state index is 0.0182. The lowest BCUT2D eigenvalue weighted by molar-refractivity contribution is -0.133. The summed E-state index contributed by atoms with van der Waals surface area (Å²) in [5, 5.41) is 3.33. The van der Waals surface area contributed by atoms with Crippen LogP contribution in [0, 0.1) is 5.92 Å². The van der Waals surface area contributed by atoms with Gasteiger partial charge >= 0.3 is 0 Å². The van der Waals surface area contributed by atoms with Gasteiger partial charge in [-0.2, -0.15) is 11.8 Å². The van der Waals surface area contributed by atoms with Gasteiger partial charge in [0.05, 0.1) is 6.04 Å². The van der Waals surface area contributed by atoms with Crippen molar-refractivity contribution in [3.63, 3.8) is 0 Å². The van der Waals surface area contributed by atoms with E-state index in [1.807, 2.05) is 30.8 Å². The van der Waals surface area contributed by atoms with Crippen LogP contribution in [0.5, 0.6) is 0 Å². The highest BCUT2D eigenvalue weighted by molar-refractivity contribution is 7.99. The zero-order valence-electron chi connectivity index (χ0n) is 12.1. The van der Waals surface area contributed by atoms with Gasteiger partial charge in [-0.15, -0.1) is 0 Å². The summed E-state index contributed by atoms with van der Waals surface area (Å²) in [6.45, 7) is 7.89. The van der Waals surface area contributed by atoms with Crippen LogP contribution in [0.3, 0.4) is 0 Å². The summed E-state index contributed by atoms with van der Waals surface area (Å²) < 4.78 is 0. The molecule has 106 valence electrons. The van der Waals surface area contributed by atoms with Gasteiger partial charge in [-0.05, 0) is 20.0 Å². The number of amides is 1. The Labute approximate surface area is 115 Å². The van der Waals surface area contributed by atoms with Crippen LogP contribution in [-0.2, 0) is 4.79 Å². The zero-order chi connectivity index (χ0) is 13.5. The first-order chi connectivity index (χ1) is 8.50. The van der Waals surface area contributed by atoms with Crippen molar-refractivity contribution >= 4 is 17.7 Å². The van der Waals surface area contributed by atoms with Gasteiger partial charge in [-0.1, -0.05) is 13.8 Å². The van der Waals surface area contributed by atoms with Gasteiger partial charge in [0.1, 0.15) is 0 Å². The van der Waals surface area contributed by atoms with E-state index in [1.165, 1.54) is 0 Å². The number of hydrogen-bond acceptors (Lipinski definition) is 4. The van der Waals surface area contributed by atoms with Crippen LogP contribution in [0.2, 0.25) is 0 Å². The largest absolute Gasteiger partial charge is 0.340 e. The van der Waals surface area contributed by atoms with E-state index >= 15 is 0 Å². The fourth-order valence-electron chi connectivity index (χ4n) is 2.00. The van der Waals surface area contributed by atoms with E-state index in [1.54, 1.807) is 0 Å². The summed E-state index contributed by atoms with van der Waals surface area (Å²) in [7, 11) is 4.10. The summed E-state index contributed by atoms with van der Waals surface area (Å²) in [6, 6.07) is 0.0182. The molecule has 0 aromatic rings. The van der Waals surface area contributed by atoms with Gasteiger partial charge in [-0.25, -0.2) is 0 Å². The lowest BCUT2D eigenvalue weighted by atomic mass is 10.2.